The lowest BCUT2D eigenvalue weighted by Gasteiger charge is -2.15. The SMILES string of the molecule is CC(N)c1cccc(F)c1Oc1cc(F)c(Cl)cc1Br. The molecule has 0 spiro atoms. The number of para-hydroxylation sites is 1. The molecule has 2 aromatic rings. The Kier molecular flexibility index (Phi) is 4.62. The van der Waals surface area contributed by atoms with Crippen LogP contribution in [0.4, 0.5) is 8.78 Å². The summed E-state index contributed by atoms with van der Waals surface area (Å²) in [5.41, 5.74) is 6.27. The molecule has 0 fully saturated rings. The third kappa shape index (κ3) is 3.11. The van der Waals surface area contributed by atoms with E-state index in [1.165, 1.54) is 12.1 Å². The van der Waals surface area contributed by atoms with Gasteiger partial charge in [-0.2, -0.15) is 0 Å². The first kappa shape index (κ1) is 15.2. The van der Waals surface area contributed by atoms with Gasteiger partial charge in [-0.1, -0.05) is 23.7 Å². The van der Waals surface area contributed by atoms with Crippen LogP contribution in [0.5, 0.6) is 11.5 Å². The van der Waals surface area contributed by atoms with Crippen LogP contribution in [0.25, 0.3) is 0 Å². The molecule has 2 aromatic carbocycles. The fourth-order valence-electron chi connectivity index (χ4n) is 1.68. The summed E-state index contributed by atoms with van der Waals surface area (Å²) in [5, 5.41) is -0.0508. The van der Waals surface area contributed by atoms with Crippen molar-refractivity contribution >= 4 is 27.5 Å². The predicted molar refractivity (Wildman–Crippen MR) is 78.2 cm³/mol. The molecule has 1 unspecified atom stereocenters. The van der Waals surface area contributed by atoms with E-state index in [1.807, 2.05) is 0 Å². The predicted octanol–water partition coefficient (Wildman–Crippen LogP) is 5.19. The largest absolute Gasteiger partial charge is 0.453 e. The third-order valence-corrected chi connectivity index (χ3v) is 3.58. The minimum Gasteiger partial charge on any atom is -0.453 e. The van der Waals surface area contributed by atoms with E-state index in [1.54, 1.807) is 19.1 Å². The number of hydrogen-bond acceptors (Lipinski definition) is 2. The average molecular weight is 363 g/mol. The monoisotopic (exact) mass is 361 g/mol. The van der Waals surface area contributed by atoms with Gasteiger partial charge in [-0.05, 0) is 35.0 Å². The molecule has 2 rings (SSSR count). The Morgan fingerprint density at radius 2 is 1.95 bits per heavy atom. The summed E-state index contributed by atoms with van der Waals surface area (Å²) in [5.74, 6) is -1.12. The Morgan fingerprint density at radius 3 is 2.60 bits per heavy atom. The molecule has 0 saturated heterocycles. The second-order valence-corrected chi connectivity index (χ2v) is 5.51. The van der Waals surface area contributed by atoms with Gasteiger partial charge in [0.25, 0.3) is 0 Å². The molecule has 0 amide bonds. The molecule has 0 radical (unpaired) electrons. The molecular weight excluding hydrogens is 352 g/mol. The van der Waals surface area contributed by atoms with Crippen LogP contribution < -0.4 is 10.5 Å². The van der Waals surface area contributed by atoms with Crippen molar-refractivity contribution in [2.45, 2.75) is 13.0 Å². The Labute approximate surface area is 128 Å². The number of nitrogens with two attached hydrogens (primary N) is 1. The highest BCUT2D eigenvalue weighted by molar-refractivity contribution is 9.10. The third-order valence-electron chi connectivity index (χ3n) is 2.67. The summed E-state index contributed by atoms with van der Waals surface area (Å²) in [6.45, 7) is 1.71. The number of rotatable bonds is 3. The Morgan fingerprint density at radius 1 is 1.25 bits per heavy atom. The zero-order chi connectivity index (χ0) is 14.9. The molecular formula is C14H11BrClF2NO. The van der Waals surface area contributed by atoms with Crippen LogP contribution in [0.15, 0.2) is 34.8 Å². The number of hydrogen-bond donors (Lipinski definition) is 1. The van der Waals surface area contributed by atoms with Crippen molar-refractivity contribution < 1.29 is 13.5 Å². The number of halogens is 4. The topological polar surface area (TPSA) is 35.2 Å². The number of benzene rings is 2. The van der Waals surface area contributed by atoms with Crippen LogP contribution in [0, 0.1) is 11.6 Å². The van der Waals surface area contributed by atoms with Crippen LogP contribution in [-0.4, -0.2) is 0 Å². The molecule has 20 heavy (non-hydrogen) atoms. The quantitative estimate of drug-likeness (QED) is 0.762. The molecule has 0 aliphatic rings. The van der Waals surface area contributed by atoms with Crippen molar-refractivity contribution in [3.8, 4) is 11.5 Å². The lowest BCUT2D eigenvalue weighted by molar-refractivity contribution is 0.427. The summed E-state index contributed by atoms with van der Waals surface area (Å²) >= 11 is 8.84. The molecule has 2 nitrogen and oxygen atoms in total. The van der Waals surface area contributed by atoms with E-state index >= 15 is 0 Å². The van der Waals surface area contributed by atoms with Crippen LogP contribution in [0.2, 0.25) is 5.02 Å². The zero-order valence-electron chi connectivity index (χ0n) is 10.5. The fraction of sp³-hybridized carbons (Fsp3) is 0.143. The smallest absolute Gasteiger partial charge is 0.167 e. The van der Waals surface area contributed by atoms with Gasteiger partial charge in [0.2, 0.25) is 0 Å². The van der Waals surface area contributed by atoms with Gasteiger partial charge in [-0.25, -0.2) is 8.78 Å². The molecule has 6 heteroatoms. The first-order valence-corrected chi connectivity index (χ1v) is 6.93. The van der Waals surface area contributed by atoms with E-state index in [0.29, 0.717) is 10.0 Å². The van der Waals surface area contributed by atoms with E-state index in [0.717, 1.165) is 6.07 Å². The first-order chi connectivity index (χ1) is 9.40. The molecule has 0 aliphatic heterocycles. The van der Waals surface area contributed by atoms with E-state index in [2.05, 4.69) is 15.9 Å². The molecule has 0 aromatic heterocycles. The Bertz CT molecular complexity index is 649. The molecule has 0 heterocycles. The van der Waals surface area contributed by atoms with Gasteiger partial charge >= 0.3 is 0 Å². The molecule has 0 bridgehead atoms. The Balaban J connectivity index is 2.47. The van der Waals surface area contributed by atoms with Gasteiger partial charge in [0.15, 0.2) is 11.6 Å². The average Bonchev–Trinajstić information content (AvgIpc) is 2.37. The summed E-state index contributed by atoms with van der Waals surface area (Å²) < 4.78 is 33.2. The Hall–Kier alpha value is -1.17. The summed E-state index contributed by atoms with van der Waals surface area (Å²) in [4.78, 5) is 0. The highest BCUT2D eigenvalue weighted by Gasteiger charge is 2.16. The minimum absolute atomic E-state index is 0.0232. The van der Waals surface area contributed by atoms with E-state index in [9.17, 15) is 8.78 Å². The van der Waals surface area contributed by atoms with Crippen molar-refractivity contribution in [3.05, 3.63) is 57.0 Å². The van der Waals surface area contributed by atoms with Crippen LogP contribution in [0.3, 0.4) is 0 Å². The van der Waals surface area contributed by atoms with Gasteiger partial charge in [-0.15, -0.1) is 0 Å². The van der Waals surface area contributed by atoms with Gasteiger partial charge in [0.05, 0.1) is 9.50 Å². The van der Waals surface area contributed by atoms with Crippen LogP contribution in [-0.2, 0) is 0 Å². The lowest BCUT2D eigenvalue weighted by Crippen LogP contribution is -2.07. The van der Waals surface area contributed by atoms with Gasteiger partial charge in [-0.3, -0.25) is 0 Å². The van der Waals surface area contributed by atoms with Crippen molar-refractivity contribution in [3.63, 3.8) is 0 Å². The summed E-state index contributed by atoms with van der Waals surface area (Å²) in [7, 11) is 0. The molecule has 106 valence electrons. The second-order valence-electron chi connectivity index (χ2n) is 4.25. The van der Waals surface area contributed by atoms with Gasteiger partial charge in [0, 0.05) is 17.7 Å². The first-order valence-electron chi connectivity index (χ1n) is 5.76. The fourth-order valence-corrected chi connectivity index (χ4v) is 2.40. The van der Waals surface area contributed by atoms with Crippen molar-refractivity contribution in [2.24, 2.45) is 5.73 Å². The van der Waals surface area contributed by atoms with Gasteiger partial charge in [0.1, 0.15) is 11.6 Å². The van der Waals surface area contributed by atoms with Crippen LogP contribution >= 0.6 is 27.5 Å². The van der Waals surface area contributed by atoms with Crippen molar-refractivity contribution in [1.82, 2.24) is 0 Å². The van der Waals surface area contributed by atoms with Crippen molar-refractivity contribution in [1.29, 1.82) is 0 Å². The zero-order valence-corrected chi connectivity index (χ0v) is 12.8. The van der Waals surface area contributed by atoms with E-state index < -0.39 is 17.7 Å². The van der Waals surface area contributed by atoms with Crippen molar-refractivity contribution in [2.75, 3.05) is 0 Å². The second kappa shape index (κ2) is 6.08. The van der Waals surface area contributed by atoms with Crippen LogP contribution in [0.1, 0.15) is 18.5 Å². The lowest BCUT2D eigenvalue weighted by atomic mass is 10.1. The summed E-state index contributed by atoms with van der Waals surface area (Å²) in [6.07, 6.45) is 0. The summed E-state index contributed by atoms with van der Waals surface area (Å²) in [6, 6.07) is 6.46. The molecule has 1 atom stereocenters. The molecule has 0 saturated carbocycles. The maximum atomic E-state index is 13.9. The van der Waals surface area contributed by atoms with Gasteiger partial charge < -0.3 is 10.5 Å². The molecule has 0 aliphatic carbocycles. The maximum Gasteiger partial charge on any atom is 0.167 e. The van der Waals surface area contributed by atoms with E-state index in [4.69, 9.17) is 22.1 Å². The van der Waals surface area contributed by atoms with E-state index in [-0.39, 0.29) is 16.5 Å². The molecule has 2 N–H and O–H groups in total. The normalized spacial score (nSPS) is 12.3. The maximum absolute atomic E-state index is 13.9. The number of ether oxygens (including phenoxy) is 1. The highest BCUT2D eigenvalue weighted by atomic mass is 79.9. The highest BCUT2D eigenvalue weighted by Crippen LogP contribution is 2.37. The standard InChI is InChI=1S/C14H11BrClF2NO/c1-7(19)8-3-2-4-11(17)14(8)20-13-6-12(18)10(16)5-9(13)15/h2-7H,19H2,1H3. The minimum atomic E-state index is -0.649.